The molecule has 2 saturated heterocycles. The van der Waals surface area contributed by atoms with E-state index in [2.05, 4.69) is 34.5 Å². The van der Waals surface area contributed by atoms with Gasteiger partial charge in [0.2, 0.25) is 0 Å². The largest absolute Gasteiger partial charge is 0.491 e. The molecule has 0 spiro atoms. The number of nitrogens with one attached hydrogen (secondary N) is 1. The van der Waals surface area contributed by atoms with Gasteiger partial charge in [-0.2, -0.15) is 0 Å². The normalized spacial score (nSPS) is 23.6. The van der Waals surface area contributed by atoms with Crippen LogP contribution in [-0.4, -0.2) is 45.5 Å². The standard InChI is InChI=1S/C15H22N2O2/c1-2-15(18-11-1)12-19-14-5-3-13(4-6-14)17-9-7-16-8-10-17/h3-6,15-16H,1-2,7-12H2. The van der Waals surface area contributed by atoms with Gasteiger partial charge in [-0.05, 0) is 37.1 Å². The molecule has 2 heterocycles. The number of piperazine rings is 1. The Morgan fingerprint density at radius 1 is 1.21 bits per heavy atom. The van der Waals surface area contributed by atoms with Crippen molar-refractivity contribution in [1.82, 2.24) is 5.32 Å². The highest BCUT2D eigenvalue weighted by Gasteiger charge is 2.16. The fourth-order valence-electron chi connectivity index (χ4n) is 2.64. The average Bonchev–Trinajstić information content (AvgIpc) is 3.00. The molecule has 0 bridgehead atoms. The molecule has 2 aliphatic rings. The van der Waals surface area contributed by atoms with E-state index in [0.29, 0.717) is 6.61 Å². The Bertz CT molecular complexity index is 382. The van der Waals surface area contributed by atoms with Gasteiger partial charge in [0.15, 0.2) is 0 Å². The first-order valence-electron chi connectivity index (χ1n) is 7.22. The van der Waals surface area contributed by atoms with Crippen molar-refractivity contribution >= 4 is 5.69 Å². The molecule has 1 unspecified atom stereocenters. The van der Waals surface area contributed by atoms with Crippen molar-refractivity contribution in [3.05, 3.63) is 24.3 Å². The fourth-order valence-corrected chi connectivity index (χ4v) is 2.64. The smallest absolute Gasteiger partial charge is 0.119 e. The van der Waals surface area contributed by atoms with Crippen LogP contribution in [0.1, 0.15) is 12.8 Å². The van der Waals surface area contributed by atoms with Crippen molar-refractivity contribution in [2.24, 2.45) is 0 Å². The minimum Gasteiger partial charge on any atom is -0.491 e. The molecule has 2 fully saturated rings. The highest BCUT2D eigenvalue weighted by atomic mass is 16.5. The summed E-state index contributed by atoms with van der Waals surface area (Å²) in [5.41, 5.74) is 1.28. The number of hydrogen-bond donors (Lipinski definition) is 1. The second kappa shape index (κ2) is 6.26. The van der Waals surface area contributed by atoms with Crippen LogP contribution in [0.3, 0.4) is 0 Å². The molecular weight excluding hydrogens is 240 g/mol. The topological polar surface area (TPSA) is 33.7 Å². The number of benzene rings is 1. The summed E-state index contributed by atoms with van der Waals surface area (Å²) in [7, 11) is 0. The van der Waals surface area contributed by atoms with Gasteiger partial charge < -0.3 is 19.7 Å². The van der Waals surface area contributed by atoms with Crippen LogP contribution >= 0.6 is 0 Å². The summed E-state index contributed by atoms with van der Waals surface area (Å²) in [5, 5.41) is 3.37. The lowest BCUT2D eigenvalue weighted by atomic mass is 10.2. The van der Waals surface area contributed by atoms with E-state index in [4.69, 9.17) is 9.47 Å². The summed E-state index contributed by atoms with van der Waals surface area (Å²) < 4.78 is 11.3. The SMILES string of the molecule is c1cc(N2CCNCC2)ccc1OCC1CCCO1. The molecule has 1 N–H and O–H groups in total. The number of hydrogen-bond acceptors (Lipinski definition) is 4. The first kappa shape index (κ1) is 12.8. The van der Waals surface area contributed by atoms with E-state index in [1.54, 1.807) is 0 Å². The highest BCUT2D eigenvalue weighted by molar-refractivity contribution is 5.49. The van der Waals surface area contributed by atoms with E-state index >= 15 is 0 Å². The van der Waals surface area contributed by atoms with Crippen molar-refractivity contribution in [1.29, 1.82) is 0 Å². The van der Waals surface area contributed by atoms with Gasteiger partial charge in [-0.15, -0.1) is 0 Å². The quantitative estimate of drug-likeness (QED) is 0.894. The lowest BCUT2D eigenvalue weighted by molar-refractivity contribution is 0.0679. The maximum Gasteiger partial charge on any atom is 0.119 e. The first-order chi connectivity index (χ1) is 9.42. The van der Waals surface area contributed by atoms with E-state index in [1.165, 1.54) is 5.69 Å². The number of rotatable bonds is 4. The summed E-state index contributed by atoms with van der Waals surface area (Å²) in [4.78, 5) is 2.40. The third kappa shape index (κ3) is 3.39. The molecule has 0 aliphatic carbocycles. The van der Waals surface area contributed by atoms with Crippen molar-refractivity contribution in [3.63, 3.8) is 0 Å². The summed E-state index contributed by atoms with van der Waals surface area (Å²) in [6, 6.07) is 8.42. The monoisotopic (exact) mass is 262 g/mol. The lowest BCUT2D eigenvalue weighted by Gasteiger charge is -2.29. The van der Waals surface area contributed by atoms with Gasteiger partial charge in [0, 0.05) is 38.5 Å². The van der Waals surface area contributed by atoms with E-state index in [9.17, 15) is 0 Å². The fraction of sp³-hybridized carbons (Fsp3) is 0.600. The summed E-state index contributed by atoms with van der Waals surface area (Å²) >= 11 is 0. The van der Waals surface area contributed by atoms with Crippen molar-refractivity contribution in [2.75, 3.05) is 44.3 Å². The molecule has 2 aliphatic heterocycles. The number of ether oxygens (including phenoxy) is 2. The van der Waals surface area contributed by atoms with Crippen LogP contribution in [0.15, 0.2) is 24.3 Å². The molecule has 0 saturated carbocycles. The van der Waals surface area contributed by atoms with Gasteiger partial charge in [-0.1, -0.05) is 0 Å². The molecular formula is C15H22N2O2. The van der Waals surface area contributed by atoms with Gasteiger partial charge in [0.05, 0.1) is 6.10 Å². The third-order valence-corrected chi connectivity index (χ3v) is 3.78. The summed E-state index contributed by atoms with van der Waals surface area (Å²) in [6.45, 7) is 5.85. The Labute approximate surface area is 114 Å². The van der Waals surface area contributed by atoms with E-state index in [-0.39, 0.29) is 6.10 Å². The van der Waals surface area contributed by atoms with Crippen molar-refractivity contribution in [3.8, 4) is 5.75 Å². The minimum atomic E-state index is 0.285. The maximum atomic E-state index is 5.78. The zero-order chi connectivity index (χ0) is 12.9. The van der Waals surface area contributed by atoms with E-state index in [0.717, 1.165) is 51.4 Å². The van der Waals surface area contributed by atoms with E-state index < -0.39 is 0 Å². The minimum absolute atomic E-state index is 0.285. The molecule has 1 aromatic rings. The molecule has 0 amide bonds. The van der Waals surface area contributed by atoms with Gasteiger partial charge in [-0.25, -0.2) is 0 Å². The third-order valence-electron chi connectivity index (χ3n) is 3.78. The Kier molecular flexibility index (Phi) is 4.20. The second-order valence-corrected chi connectivity index (χ2v) is 5.18. The van der Waals surface area contributed by atoms with E-state index in [1.807, 2.05) is 0 Å². The zero-order valence-corrected chi connectivity index (χ0v) is 11.3. The molecule has 0 radical (unpaired) electrons. The molecule has 1 aromatic carbocycles. The van der Waals surface area contributed by atoms with Gasteiger partial charge in [0.1, 0.15) is 12.4 Å². The van der Waals surface area contributed by atoms with Crippen molar-refractivity contribution in [2.45, 2.75) is 18.9 Å². The molecule has 4 heteroatoms. The Morgan fingerprint density at radius 2 is 2.00 bits per heavy atom. The van der Waals surface area contributed by atoms with Gasteiger partial charge in [0.25, 0.3) is 0 Å². The molecule has 3 rings (SSSR count). The van der Waals surface area contributed by atoms with Gasteiger partial charge in [-0.3, -0.25) is 0 Å². The van der Waals surface area contributed by atoms with Crippen LogP contribution in [-0.2, 0) is 4.74 Å². The molecule has 19 heavy (non-hydrogen) atoms. The van der Waals surface area contributed by atoms with Crippen LogP contribution in [0.4, 0.5) is 5.69 Å². The van der Waals surface area contributed by atoms with Crippen LogP contribution in [0.5, 0.6) is 5.75 Å². The van der Waals surface area contributed by atoms with Crippen LogP contribution in [0.25, 0.3) is 0 Å². The molecule has 4 nitrogen and oxygen atoms in total. The Balaban J connectivity index is 1.52. The highest BCUT2D eigenvalue weighted by Crippen LogP contribution is 2.21. The lowest BCUT2D eigenvalue weighted by Crippen LogP contribution is -2.43. The number of nitrogens with zero attached hydrogens (tertiary/aromatic N) is 1. The zero-order valence-electron chi connectivity index (χ0n) is 11.3. The molecule has 0 aromatic heterocycles. The molecule has 1 atom stereocenters. The average molecular weight is 262 g/mol. The number of anilines is 1. The van der Waals surface area contributed by atoms with Crippen LogP contribution in [0, 0.1) is 0 Å². The predicted molar refractivity (Wildman–Crippen MR) is 76.0 cm³/mol. The van der Waals surface area contributed by atoms with Crippen molar-refractivity contribution < 1.29 is 9.47 Å². The second-order valence-electron chi connectivity index (χ2n) is 5.18. The predicted octanol–water partition coefficient (Wildman–Crippen LogP) is 1.65. The van der Waals surface area contributed by atoms with Crippen LogP contribution in [0.2, 0.25) is 0 Å². The molecule has 104 valence electrons. The Morgan fingerprint density at radius 3 is 2.68 bits per heavy atom. The van der Waals surface area contributed by atoms with Gasteiger partial charge >= 0.3 is 0 Å². The van der Waals surface area contributed by atoms with Crippen LogP contribution < -0.4 is 15.0 Å². The Hall–Kier alpha value is -1.26. The first-order valence-corrected chi connectivity index (χ1v) is 7.22. The summed E-state index contributed by atoms with van der Waals surface area (Å²) in [5.74, 6) is 0.939. The summed E-state index contributed by atoms with van der Waals surface area (Å²) in [6.07, 6.45) is 2.57. The maximum absolute atomic E-state index is 5.78.